The lowest BCUT2D eigenvalue weighted by Gasteiger charge is -2.38. The van der Waals surface area contributed by atoms with Crippen LogP contribution in [0, 0.1) is 5.92 Å². The zero-order valence-corrected chi connectivity index (χ0v) is 34.7. The van der Waals surface area contributed by atoms with E-state index in [-0.39, 0.29) is 52.4 Å². The van der Waals surface area contributed by atoms with Crippen molar-refractivity contribution < 1.29 is 32.7 Å². The van der Waals surface area contributed by atoms with Gasteiger partial charge < -0.3 is 25.2 Å². The van der Waals surface area contributed by atoms with Crippen LogP contribution < -0.4 is 20.9 Å². The average molecular weight is 858 g/mol. The number of nitrogens with one attached hydrogen (secondary N) is 3. The van der Waals surface area contributed by atoms with Crippen LogP contribution in [-0.2, 0) is 14.3 Å². The third kappa shape index (κ3) is 8.22. The van der Waals surface area contributed by atoms with Crippen LogP contribution in [0.5, 0.6) is 0 Å². The molecule has 3 aromatic heterocycles. The quantitative estimate of drug-likeness (QED) is 0.137. The van der Waals surface area contributed by atoms with Crippen molar-refractivity contribution in [1.82, 2.24) is 39.5 Å². The highest BCUT2D eigenvalue weighted by Crippen LogP contribution is 2.38. The number of carbonyl (C=O) groups is 4. The van der Waals surface area contributed by atoms with Crippen molar-refractivity contribution in [3.63, 3.8) is 0 Å². The van der Waals surface area contributed by atoms with E-state index in [0.29, 0.717) is 42.1 Å². The van der Waals surface area contributed by atoms with Crippen LogP contribution in [0.2, 0.25) is 0 Å². The Morgan fingerprint density at radius 2 is 1.75 bits per heavy atom. The molecule has 0 bridgehead atoms. The minimum absolute atomic E-state index is 0.00266. The number of carbonyl (C=O) groups excluding carboxylic acids is 4. The van der Waals surface area contributed by atoms with Crippen LogP contribution in [0.1, 0.15) is 109 Å². The average Bonchev–Trinajstić information content (AvgIpc) is 3.96. The number of nitrogens with zero attached hydrogens (tertiary/aromatic N) is 8. The molecule has 2 saturated heterocycles. The molecule has 1 aromatic carbocycles. The largest absolute Gasteiger partial charge is 0.382 e. The van der Waals surface area contributed by atoms with Crippen molar-refractivity contribution in [1.29, 1.82) is 0 Å². The van der Waals surface area contributed by atoms with Crippen molar-refractivity contribution in [3.8, 4) is 0 Å². The van der Waals surface area contributed by atoms with Crippen LogP contribution in [0.3, 0.4) is 0 Å². The highest BCUT2D eigenvalue weighted by atomic mass is 32.1. The lowest BCUT2D eigenvalue weighted by molar-refractivity contribution is -0.136. The van der Waals surface area contributed by atoms with Crippen molar-refractivity contribution >= 4 is 63.7 Å². The van der Waals surface area contributed by atoms with Gasteiger partial charge in [-0.2, -0.15) is 10.2 Å². The predicted molar refractivity (Wildman–Crippen MR) is 225 cm³/mol. The second kappa shape index (κ2) is 17.2. The van der Waals surface area contributed by atoms with Gasteiger partial charge in [0.1, 0.15) is 16.8 Å². The first-order valence-electron chi connectivity index (χ1n) is 21.2. The summed E-state index contributed by atoms with van der Waals surface area (Å²) in [6.45, 7) is 3.62. The van der Waals surface area contributed by atoms with Gasteiger partial charge in [-0.1, -0.05) is 18.3 Å². The van der Waals surface area contributed by atoms with Crippen LogP contribution in [0.15, 0.2) is 42.9 Å². The van der Waals surface area contributed by atoms with Gasteiger partial charge in [-0.15, -0.1) is 0 Å². The highest BCUT2D eigenvalue weighted by Gasteiger charge is 2.46. The van der Waals surface area contributed by atoms with Crippen LogP contribution >= 0.6 is 12.2 Å². The molecule has 322 valence electrons. The summed E-state index contributed by atoms with van der Waals surface area (Å²) < 4.78 is 37.5. The predicted octanol–water partition coefficient (Wildman–Crippen LogP) is 4.98. The van der Waals surface area contributed by atoms with Gasteiger partial charge in [0.05, 0.1) is 47.8 Å². The van der Waals surface area contributed by atoms with Crippen molar-refractivity contribution in [2.24, 2.45) is 5.92 Å². The molecule has 4 amide bonds. The van der Waals surface area contributed by atoms with Crippen LogP contribution in [-0.4, -0.2) is 121 Å². The van der Waals surface area contributed by atoms with Crippen molar-refractivity contribution in [2.75, 3.05) is 55.4 Å². The van der Waals surface area contributed by atoms with E-state index >= 15 is 0 Å². The summed E-state index contributed by atoms with van der Waals surface area (Å²) in [4.78, 5) is 61.7. The molecule has 6 heterocycles. The van der Waals surface area contributed by atoms with Crippen molar-refractivity contribution in [2.45, 2.75) is 94.8 Å². The summed E-state index contributed by atoms with van der Waals surface area (Å²) in [5, 5.41) is 17.6. The number of hydrogen-bond donors (Lipinski definition) is 3. The van der Waals surface area contributed by atoms with Gasteiger partial charge in [0.2, 0.25) is 11.8 Å². The molecule has 1 atom stereocenters. The smallest absolute Gasteiger partial charge is 0.284 e. The number of piperidine rings is 1. The summed E-state index contributed by atoms with van der Waals surface area (Å²) in [7, 11) is 2.18. The number of morpholine rings is 1. The first-order valence-corrected chi connectivity index (χ1v) is 21.6. The maximum absolute atomic E-state index is 14.3. The highest BCUT2D eigenvalue weighted by molar-refractivity contribution is 7.81. The van der Waals surface area contributed by atoms with E-state index in [1.807, 2.05) is 12.3 Å². The lowest BCUT2D eigenvalue weighted by Crippen LogP contribution is -2.54. The number of aromatic nitrogens is 5. The van der Waals surface area contributed by atoms with E-state index in [0.717, 1.165) is 81.7 Å². The maximum Gasteiger partial charge on any atom is 0.284 e. The number of alkyl halides is 2. The molecular formula is C42H49F2N11O5S. The number of hydrogen-bond acceptors (Lipinski definition) is 12. The number of amides is 4. The summed E-state index contributed by atoms with van der Waals surface area (Å²) in [6.07, 6.45) is 9.74. The molecule has 19 heteroatoms. The molecule has 3 aliphatic heterocycles. The van der Waals surface area contributed by atoms with Gasteiger partial charge in [-0.3, -0.25) is 34.1 Å². The minimum atomic E-state index is -2.78. The van der Waals surface area contributed by atoms with E-state index in [2.05, 4.69) is 43.0 Å². The molecule has 4 aromatic rings. The molecule has 5 aliphatic rings. The van der Waals surface area contributed by atoms with E-state index in [1.54, 1.807) is 39.8 Å². The fraction of sp³-hybridized carbons (Fsp3) is 0.524. The normalized spacial score (nSPS) is 24.8. The molecule has 0 radical (unpaired) electrons. The zero-order valence-electron chi connectivity index (χ0n) is 33.9. The Morgan fingerprint density at radius 1 is 0.984 bits per heavy atom. The van der Waals surface area contributed by atoms with Gasteiger partial charge in [0.25, 0.3) is 18.2 Å². The minimum Gasteiger partial charge on any atom is -0.382 e. The molecule has 1 unspecified atom stereocenters. The van der Waals surface area contributed by atoms with Crippen LogP contribution in [0.4, 0.5) is 26.0 Å². The van der Waals surface area contributed by atoms with E-state index in [9.17, 15) is 28.0 Å². The number of anilines is 3. The number of benzene rings is 1. The summed E-state index contributed by atoms with van der Waals surface area (Å²) >= 11 is 5.72. The Morgan fingerprint density at radius 3 is 2.49 bits per heavy atom. The van der Waals surface area contributed by atoms with E-state index in [4.69, 9.17) is 21.9 Å². The van der Waals surface area contributed by atoms with E-state index < -0.39 is 36.1 Å². The second-order valence-corrected chi connectivity index (χ2v) is 17.2. The topological polar surface area (TPSA) is 171 Å². The molecule has 9 rings (SSSR count). The Labute approximate surface area is 356 Å². The monoisotopic (exact) mass is 857 g/mol. The molecular weight excluding hydrogens is 809 g/mol. The number of rotatable bonds is 11. The third-order valence-corrected chi connectivity index (χ3v) is 13.4. The molecule has 3 N–H and O–H groups in total. The van der Waals surface area contributed by atoms with Gasteiger partial charge in [-0.05, 0) is 89.0 Å². The first kappa shape index (κ1) is 41.0. The first-order chi connectivity index (χ1) is 29.5. The number of halogens is 2. The van der Waals surface area contributed by atoms with Crippen molar-refractivity contribution in [3.05, 3.63) is 65.2 Å². The molecule has 61 heavy (non-hydrogen) atoms. The van der Waals surface area contributed by atoms with E-state index in [1.165, 1.54) is 0 Å². The molecule has 2 aliphatic carbocycles. The fourth-order valence-electron chi connectivity index (χ4n) is 9.69. The summed E-state index contributed by atoms with van der Waals surface area (Å²) in [5.74, 6) is -0.814. The van der Waals surface area contributed by atoms with Gasteiger partial charge in [-0.25, -0.2) is 18.3 Å². The SMILES string of the molecule is CN(CC1CCC(n2cc(NC(=S)c3cnn4ccc(N5CCOCC5)nc34)c(C(F)F)n2)CC1)[C@H]1CC[C@H](Nc2cccc3c2C(=O)N(C2CCC(=O)NC2=O)C3=O)CC1. The molecule has 2 saturated carbocycles. The van der Waals surface area contributed by atoms with Gasteiger partial charge in [0, 0.05) is 56.2 Å². The summed E-state index contributed by atoms with van der Waals surface area (Å²) in [5.41, 5.74) is 2.06. The third-order valence-electron chi connectivity index (χ3n) is 13.0. The maximum atomic E-state index is 14.3. The molecule has 4 fully saturated rings. The molecule has 0 spiro atoms. The Bertz CT molecular complexity index is 2350. The second-order valence-electron chi connectivity index (χ2n) is 16.8. The molecule has 16 nitrogen and oxygen atoms in total. The number of imide groups is 2. The Hall–Kier alpha value is -5.40. The number of ether oxygens (including phenoxy) is 1. The Kier molecular flexibility index (Phi) is 11.5. The Balaban J connectivity index is 0.767. The number of thiocarbonyl (C=S) groups is 1. The van der Waals surface area contributed by atoms with Gasteiger partial charge >= 0.3 is 0 Å². The van der Waals surface area contributed by atoms with Gasteiger partial charge in [0.15, 0.2) is 11.3 Å². The zero-order chi connectivity index (χ0) is 42.4. The fourth-order valence-corrected chi connectivity index (χ4v) is 9.95. The number of fused-ring (bicyclic) bond motifs is 2. The lowest BCUT2D eigenvalue weighted by atomic mass is 9.84. The summed E-state index contributed by atoms with van der Waals surface area (Å²) in [6, 6.07) is 6.55. The van der Waals surface area contributed by atoms with Crippen LogP contribution in [0.25, 0.3) is 5.65 Å². The standard InChI is InChI=1S/C42H49F2N11O5S/c1-51(26-11-7-25(8-12-26)46-30-4-2-3-28-35(30)42(59)55(41(28)58)32-13-14-34(56)49-39(32)57)22-24-5-9-27(10-6-24)54-23-31(36(50-54)37(43)44)47-40(61)29-21-45-53-16-15-33(48-38(29)53)52-17-19-60-20-18-52/h2-4,15-16,21,23-27,32,37,46H,5-14,17-20,22H2,1H3,(H,47,61)(H,49,56,57)/t24?,25-,26-,27?,32?.